The summed E-state index contributed by atoms with van der Waals surface area (Å²) in [5, 5.41) is 0. The van der Waals surface area contributed by atoms with Crippen molar-refractivity contribution in [3.8, 4) is 0 Å². The molecule has 1 radical (unpaired) electrons. The minimum atomic E-state index is -0.316. The van der Waals surface area contributed by atoms with Gasteiger partial charge in [-0.15, -0.1) is 0 Å². The molecule has 0 rings (SSSR count). The highest BCUT2D eigenvalue weighted by molar-refractivity contribution is 5.85. The van der Waals surface area contributed by atoms with Gasteiger partial charge in [0.25, 0.3) is 0 Å². The molecule has 0 fully saturated rings. The van der Waals surface area contributed by atoms with E-state index in [1.165, 1.54) is 0 Å². The van der Waals surface area contributed by atoms with E-state index in [0.29, 0.717) is 6.61 Å². The van der Waals surface area contributed by atoms with Crippen LogP contribution in [0.4, 0.5) is 0 Å². The van der Waals surface area contributed by atoms with E-state index in [-0.39, 0.29) is 24.6 Å². The zero-order chi connectivity index (χ0) is 8.69. The highest BCUT2D eigenvalue weighted by atomic mass is 16.5. The second-order valence-electron chi connectivity index (χ2n) is 2.26. The lowest BCUT2D eigenvalue weighted by Crippen LogP contribution is -2.06. The van der Waals surface area contributed by atoms with E-state index < -0.39 is 0 Å². The fourth-order valence-corrected chi connectivity index (χ4v) is 0.530. The molecule has 0 spiro atoms. The maximum Gasteiger partial charge on any atom is 0.306 e. The molecule has 0 aromatic rings. The number of ketones is 1. The average molecular weight is 157 g/mol. The zero-order valence-corrected chi connectivity index (χ0v) is 6.76. The Morgan fingerprint density at radius 1 is 1.36 bits per heavy atom. The number of ether oxygens (including phenoxy) is 1. The molecule has 0 aromatic heterocycles. The molecule has 0 aliphatic rings. The lowest BCUT2D eigenvalue weighted by Gasteiger charge is -2.00. The van der Waals surface area contributed by atoms with Gasteiger partial charge in [-0.3, -0.25) is 9.59 Å². The third-order valence-corrected chi connectivity index (χ3v) is 1.08. The van der Waals surface area contributed by atoms with Crippen molar-refractivity contribution in [2.24, 2.45) is 0 Å². The number of Topliss-reactive ketones (excluding diaryl/α,β-unsaturated/α-hetero) is 1. The van der Waals surface area contributed by atoms with Gasteiger partial charge in [-0.2, -0.15) is 0 Å². The largest absolute Gasteiger partial charge is 0.466 e. The van der Waals surface area contributed by atoms with E-state index in [2.05, 4.69) is 6.92 Å². The fourth-order valence-electron chi connectivity index (χ4n) is 0.530. The van der Waals surface area contributed by atoms with Crippen LogP contribution in [0, 0.1) is 6.92 Å². The molecular formula is C8H13O3. The molecule has 11 heavy (non-hydrogen) atoms. The van der Waals surface area contributed by atoms with Crippen molar-refractivity contribution in [1.82, 2.24) is 0 Å². The van der Waals surface area contributed by atoms with Crippen LogP contribution >= 0.6 is 0 Å². The van der Waals surface area contributed by atoms with E-state index in [4.69, 9.17) is 4.74 Å². The average Bonchev–Trinajstić information content (AvgIpc) is 1.97. The summed E-state index contributed by atoms with van der Waals surface area (Å²) in [7, 11) is 0. The van der Waals surface area contributed by atoms with Gasteiger partial charge < -0.3 is 4.74 Å². The molecular weight excluding hydrogens is 144 g/mol. The van der Waals surface area contributed by atoms with E-state index in [1.54, 1.807) is 0 Å². The Balaban J connectivity index is 3.30. The van der Waals surface area contributed by atoms with Crippen LogP contribution in [-0.4, -0.2) is 18.4 Å². The fraction of sp³-hybridized carbons (Fsp3) is 0.625. The summed E-state index contributed by atoms with van der Waals surface area (Å²) in [5.74, 6) is -0.540. The van der Waals surface area contributed by atoms with Gasteiger partial charge in [0.2, 0.25) is 0 Å². The molecule has 0 aromatic carbocycles. The quantitative estimate of drug-likeness (QED) is 0.562. The predicted molar refractivity (Wildman–Crippen MR) is 40.8 cm³/mol. The number of hydrogen-bond donors (Lipinski definition) is 0. The first-order chi connectivity index (χ1) is 5.16. The highest BCUT2D eigenvalue weighted by Crippen LogP contribution is 1.94. The Morgan fingerprint density at radius 3 is 2.45 bits per heavy atom. The molecule has 3 heteroatoms. The third-order valence-electron chi connectivity index (χ3n) is 1.08. The van der Waals surface area contributed by atoms with Gasteiger partial charge in [-0.05, 0) is 6.42 Å². The highest BCUT2D eigenvalue weighted by Gasteiger charge is 2.03. The van der Waals surface area contributed by atoms with E-state index >= 15 is 0 Å². The Bertz CT molecular complexity index is 140. The van der Waals surface area contributed by atoms with Gasteiger partial charge in [-0.25, -0.2) is 0 Å². The first-order valence-electron chi connectivity index (χ1n) is 3.67. The summed E-state index contributed by atoms with van der Waals surface area (Å²) in [6.07, 6.45) is 1.15. The summed E-state index contributed by atoms with van der Waals surface area (Å²) in [6, 6.07) is 0. The maximum absolute atomic E-state index is 10.7. The maximum atomic E-state index is 10.7. The SMILES string of the molecule is [CH2]C(=O)CCC(=O)OCCC. The minimum Gasteiger partial charge on any atom is -0.466 e. The van der Waals surface area contributed by atoms with Gasteiger partial charge in [0.15, 0.2) is 0 Å². The minimum absolute atomic E-state index is 0.155. The first kappa shape index (κ1) is 10.1. The van der Waals surface area contributed by atoms with Crippen LogP contribution in [0.15, 0.2) is 0 Å². The van der Waals surface area contributed by atoms with Crippen LogP contribution < -0.4 is 0 Å². The lowest BCUT2D eigenvalue weighted by molar-refractivity contribution is -0.144. The van der Waals surface area contributed by atoms with Gasteiger partial charge in [-0.1, -0.05) is 6.92 Å². The molecule has 0 heterocycles. The number of carbonyl (C=O) groups excluding carboxylic acids is 2. The number of rotatable bonds is 5. The molecule has 0 atom stereocenters. The van der Waals surface area contributed by atoms with Crippen molar-refractivity contribution in [3.63, 3.8) is 0 Å². The monoisotopic (exact) mass is 157 g/mol. The summed E-state index contributed by atoms with van der Waals surface area (Å²) >= 11 is 0. The predicted octanol–water partition coefficient (Wildman–Crippen LogP) is 1.12. The van der Waals surface area contributed by atoms with E-state index in [1.807, 2.05) is 6.92 Å². The summed E-state index contributed by atoms with van der Waals surface area (Å²) in [5.41, 5.74) is 0. The van der Waals surface area contributed by atoms with Crippen LogP contribution in [0.25, 0.3) is 0 Å². The Labute approximate surface area is 66.7 Å². The van der Waals surface area contributed by atoms with Crippen LogP contribution in [-0.2, 0) is 14.3 Å². The Hall–Kier alpha value is -0.860. The summed E-state index contributed by atoms with van der Waals surface area (Å²) in [6.45, 7) is 5.50. The Kier molecular flexibility index (Phi) is 5.43. The van der Waals surface area contributed by atoms with Crippen molar-refractivity contribution in [2.75, 3.05) is 6.61 Å². The van der Waals surface area contributed by atoms with Gasteiger partial charge in [0.05, 0.1) is 13.0 Å². The lowest BCUT2D eigenvalue weighted by atomic mass is 10.2. The Morgan fingerprint density at radius 2 is 2.00 bits per heavy atom. The van der Waals surface area contributed by atoms with Crippen molar-refractivity contribution in [2.45, 2.75) is 26.2 Å². The van der Waals surface area contributed by atoms with Crippen molar-refractivity contribution in [3.05, 3.63) is 6.92 Å². The molecule has 3 nitrogen and oxygen atoms in total. The van der Waals surface area contributed by atoms with Crippen molar-refractivity contribution < 1.29 is 14.3 Å². The molecule has 0 aliphatic heterocycles. The standard InChI is InChI=1S/C8H13O3/c1-3-6-11-8(10)5-4-7(2)9/h2-6H2,1H3. The molecule has 0 saturated heterocycles. The van der Waals surface area contributed by atoms with E-state index in [9.17, 15) is 9.59 Å². The number of carbonyl (C=O) groups is 2. The first-order valence-corrected chi connectivity index (χ1v) is 3.67. The van der Waals surface area contributed by atoms with Crippen LogP contribution in [0.3, 0.4) is 0 Å². The zero-order valence-electron chi connectivity index (χ0n) is 6.76. The number of hydrogen-bond acceptors (Lipinski definition) is 3. The molecule has 0 aliphatic carbocycles. The normalized spacial score (nSPS) is 9.27. The van der Waals surface area contributed by atoms with Gasteiger partial charge in [0, 0.05) is 13.3 Å². The second kappa shape index (κ2) is 5.89. The molecule has 0 N–H and O–H groups in total. The van der Waals surface area contributed by atoms with Crippen LogP contribution in [0.1, 0.15) is 26.2 Å². The smallest absolute Gasteiger partial charge is 0.306 e. The second-order valence-corrected chi connectivity index (χ2v) is 2.26. The summed E-state index contributed by atoms with van der Waals surface area (Å²) in [4.78, 5) is 21.0. The van der Waals surface area contributed by atoms with Crippen molar-refractivity contribution >= 4 is 11.8 Å². The number of esters is 1. The van der Waals surface area contributed by atoms with Gasteiger partial charge >= 0.3 is 5.97 Å². The molecule has 0 saturated carbocycles. The molecule has 0 unspecified atom stereocenters. The topological polar surface area (TPSA) is 43.4 Å². The molecule has 0 bridgehead atoms. The van der Waals surface area contributed by atoms with Crippen LogP contribution in [0.2, 0.25) is 0 Å². The van der Waals surface area contributed by atoms with Gasteiger partial charge in [0.1, 0.15) is 5.78 Å². The third kappa shape index (κ3) is 7.03. The molecule has 0 amide bonds. The van der Waals surface area contributed by atoms with E-state index in [0.717, 1.165) is 6.42 Å². The summed E-state index contributed by atoms with van der Waals surface area (Å²) < 4.78 is 4.72. The van der Waals surface area contributed by atoms with Crippen LogP contribution in [0.5, 0.6) is 0 Å². The van der Waals surface area contributed by atoms with Crippen molar-refractivity contribution in [1.29, 1.82) is 0 Å². The molecule has 63 valence electrons.